The van der Waals surface area contributed by atoms with Gasteiger partial charge in [-0.25, -0.2) is 14.1 Å². The molecule has 3 aromatic rings. The van der Waals surface area contributed by atoms with Crippen LogP contribution in [0.1, 0.15) is 11.1 Å². The predicted octanol–water partition coefficient (Wildman–Crippen LogP) is 3.02. The molecule has 3 rings (SSSR count). The fourth-order valence-corrected chi connectivity index (χ4v) is 2.12. The first-order valence-electron chi connectivity index (χ1n) is 6.62. The Morgan fingerprint density at radius 1 is 1.14 bits per heavy atom. The second-order valence-corrected chi connectivity index (χ2v) is 4.96. The van der Waals surface area contributed by atoms with E-state index in [4.69, 9.17) is 5.73 Å². The first-order chi connectivity index (χ1) is 10.1. The summed E-state index contributed by atoms with van der Waals surface area (Å²) in [6.07, 6.45) is 1.65. The van der Waals surface area contributed by atoms with Crippen molar-refractivity contribution in [3.8, 4) is 11.4 Å². The van der Waals surface area contributed by atoms with Gasteiger partial charge < -0.3 is 5.73 Å². The number of aromatic nitrogens is 3. The van der Waals surface area contributed by atoms with Crippen molar-refractivity contribution < 1.29 is 4.39 Å². The number of nitrogens with zero attached hydrogens (tertiary/aromatic N) is 3. The van der Waals surface area contributed by atoms with Crippen molar-refractivity contribution in [2.45, 2.75) is 13.5 Å². The second-order valence-electron chi connectivity index (χ2n) is 4.96. The van der Waals surface area contributed by atoms with E-state index in [1.807, 2.05) is 31.2 Å². The van der Waals surface area contributed by atoms with Gasteiger partial charge in [0.05, 0.1) is 6.54 Å². The Morgan fingerprint density at radius 3 is 2.67 bits per heavy atom. The SMILES string of the molecule is Cc1ccc(F)cc1Cn1cnc(-c2ccc(N)cc2)n1. The summed E-state index contributed by atoms with van der Waals surface area (Å²) in [5.41, 5.74) is 9.19. The van der Waals surface area contributed by atoms with E-state index < -0.39 is 0 Å². The average Bonchev–Trinajstić information content (AvgIpc) is 2.92. The lowest BCUT2D eigenvalue weighted by Crippen LogP contribution is -2.02. The van der Waals surface area contributed by atoms with Gasteiger partial charge in [-0.15, -0.1) is 0 Å². The van der Waals surface area contributed by atoms with Gasteiger partial charge in [0.2, 0.25) is 0 Å². The smallest absolute Gasteiger partial charge is 0.181 e. The number of anilines is 1. The van der Waals surface area contributed by atoms with E-state index in [2.05, 4.69) is 10.1 Å². The lowest BCUT2D eigenvalue weighted by atomic mass is 10.1. The van der Waals surface area contributed by atoms with Crippen molar-refractivity contribution in [3.05, 3.63) is 65.7 Å². The first-order valence-corrected chi connectivity index (χ1v) is 6.62. The maximum Gasteiger partial charge on any atom is 0.181 e. The third-order valence-electron chi connectivity index (χ3n) is 3.35. The van der Waals surface area contributed by atoms with Crippen LogP contribution in [0.15, 0.2) is 48.8 Å². The van der Waals surface area contributed by atoms with Gasteiger partial charge in [-0.2, -0.15) is 5.10 Å². The molecule has 0 spiro atoms. The number of aryl methyl sites for hydroxylation is 1. The summed E-state index contributed by atoms with van der Waals surface area (Å²) >= 11 is 0. The van der Waals surface area contributed by atoms with Crippen LogP contribution in [0.25, 0.3) is 11.4 Å². The van der Waals surface area contributed by atoms with E-state index in [0.29, 0.717) is 18.1 Å². The van der Waals surface area contributed by atoms with Crippen LogP contribution in [-0.2, 0) is 6.54 Å². The van der Waals surface area contributed by atoms with Crippen LogP contribution in [0, 0.1) is 12.7 Å². The molecule has 0 aliphatic rings. The molecule has 0 bridgehead atoms. The third kappa shape index (κ3) is 2.91. The lowest BCUT2D eigenvalue weighted by molar-refractivity contribution is 0.618. The number of rotatable bonds is 3. The number of hydrogen-bond acceptors (Lipinski definition) is 3. The van der Waals surface area contributed by atoms with Crippen molar-refractivity contribution >= 4 is 5.69 Å². The molecule has 0 saturated heterocycles. The topological polar surface area (TPSA) is 56.7 Å². The Hall–Kier alpha value is -2.69. The summed E-state index contributed by atoms with van der Waals surface area (Å²) in [7, 11) is 0. The summed E-state index contributed by atoms with van der Waals surface area (Å²) in [6, 6.07) is 12.1. The summed E-state index contributed by atoms with van der Waals surface area (Å²) in [4.78, 5) is 4.28. The van der Waals surface area contributed by atoms with E-state index in [1.165, 1.54) is 12.1 Å². The van der Waals surface area contributed by atoms with E-state index >= 15 is 0 Å². The van der Waals surface area contributed by atoms with E-state index in [9.17, 15) is 4.39 Å². The van der Waals surface area contributed by atoms with Crippen LogP contribution < -0.4 is 5.73 Å². The Bertz CT molecular complexity index is 762. The van der Waals surface area contributed by atoms with Crippen LogP contribution >= 0.6 is 0 Å². The first kappa shape index (κ1) is 13.3. The van der Waals surface area contributed by atoms with E-state index in [1.54, 1.807) is 17.1 Å². The lowest BCUT2D eigenvalue weighted by Gasteiger charge is -2.05. The molecule has 1 aromatic heterocycles. The van der Waals surface area contributed by atoms with Crippen molar-refractivity contribution in [3.63, 3.8) is 0 Å². The van der Waals surface area contributed by atoms with Crippen LogP contribution in [0.3, 0.4) is 0 Å². The van der Waals surface area contributed by atoms with E-state index in [-0.39, 0.29) is 5.82 Å². The number of benzene rings is 2. The van der Waals surface area contributed by atoms with Gasteiger partial charge >= 0.3 is 0 Å². The zero-order chi connectivity index (χ0) is 14.8. The monoisotopic (exact) mass is 282 g/mol. The molecule has 5 heteroatoms. The number of nitrogens with two attached hydrogens (primary N) is 1. The fraction of sp³-hybridized carbons (Fsp3) is 0.125. The summed E-state index contributed by atoms with van der Waals surface area (Å²) in [5, 5.41) is 4.42. The zero-order valence-electron chi connectivity index (χ0n) is 11.6. The molecule has 1 heterocycles. The van der Waals surface area contributed by atoms with Crippen molar-refractivity contribution in [2.75, 3.05) is 5.73 Å². The zero-order valence-corrected chi connectivity index (χ0v) is 11.6. The highest BCUT2D eigenvalue weighted by Crippen LogP contribution is 2.17. The number of halogens is 1. The second kappa shape index (κ2) is 5.36. The minimum atomic E-state index is -0.241. The summed E-state index contributed by atoms with van der Waals surface area (Å²) in [6.45, 7) is 2.44. The molecule has 0 saturated carbocycles. The van der Waals surface area contributed by atoms with Gasteiger partial charge in [0.15, 0.2) is 5.82 Å². The van der Waals surface area contributed by atoms with Gasteiger partial charge in [-0.3, -0.25) is 0 Å². The van der Waals surface area contributed by atoms with Gasteiger partial charge in [-0.05, 0) is 54.4 Å². The molecular weight excluding hydrogens is 267 g/mol. The number of hydrogen-bond donors (Lipinski definition) is 1. The summed E-state index contributed by atoms with van der Waals surface area (Å²) < 4.78 is 15.0. The van der Waals surface area contributed by atoms with Gasteiger partial charge in [0, 0.05) is 11.3 Å². The summed E-state index contributed by atoms with van der Waals surface area (Å²) in [5.74, 6) is 0.388. The third-order valence-corrected chi connectivity index (χ3v) is 3.35. The maximum atomic E-state index is 13.3. The molecule has 0 fully saturated rings. The van der Waals surface area contributed by atoms with Crippen LogP contribution in [-0.4, -0.2) is 14.8 Å². The van der Waals surface area contributed by atoms with E-state index in [0.717, 1.165) is 16.7 Å². The standard InChI is InChI=1S/C16H15FN4/c1-11-2-5-14(17)8-13(11)9-21-10-19-16(20-21)12-3-6-15(18)7-4-12/h2-8,10H,9,18H2,1H3. The highest BCUT2D eigenvalue weighted by atomic mass is 19.1. The van der Waals surface area contributed by atoms with Crippen LogP contribution in [0.2, 0.25) is 0 Å². The molecule has 21 heavy (non-hydrogen) atoms. The van der Waals surface area contributed by atoms with Gasteiger partial charge in [-0.1, -0.05) is 6.07 Å². The quantitative estimate of drug-likeness (QED) is 0.751. The molecule has 0 atom stereocenters. The molecule has 4 nitrogen and oxygen atoms in total. The predicted molar refractivity (Wildman–Crippen MR) is 80.1 cm³/mol. The van der Waals surface area contributed by atoms with Crippen molar-refractivity contribution in [2.24, 2.45) is 0 Å². The fourth-order valence-electron chi connectivity index (χ4n) is 2.12. The van der Waals surface area contributed by atoms with Crippen LogP contribution in [0.4, 0.5) is 10.1 Å². The Labute approximate surface area is 122 Å². The van der Waals surface area contributed by atoms with Crippen molar-refractivity contribution in [1.29, 1.82) is 0 Å². The molecule has 106 valence electrons. The average molecular weight is 282 g/mol. The Kier molecular flexibility index (Phi) is 3.39. The number of nitrogen functional groups attached to an aromatic ring is 1. The largest absolute Gasteiger partial charge is 0.399 e. The molecule has 0 radical (unpaired) electrons. The molecule has 2 aromatic carbocycles. The van der Waals surface area contributed by atoms with Gasteiger partial charge in [0.25, 0.3) is 0 Å². The molecule has 0 amide bonds. The Balaban J connectivity index is 1.85. The molecule has 2 N–H and O–H groups in total. The van der Waals surface area contributed by atoms with Crippen LogP contribution in [0.5, 0.6) is 0 Å². The minimum absolute atomic E-state index is 0.241. The molecule has 0 aliphatic carbocycles. The van der Waals surface area contributed by atoms with Gasteiger partial charge in [0.1, 0.15) is 12.1 Å². The highest BCUT2D eigenvalue weighted by molar-refractivity contribution is 5.57. The minimum Gasteiger partial charge on any atom is -0.399 e. The molecule has 0 aliphatic heterocycles. The normalized spacial score (nSPS) is 10.8. The highest BCUT2D eigenvalue weighted by Gasteiger charge is 2.06. The van der Waals surface area contributed by atoms with Crippen molar-refractivity contribution in [1.82, 2.24) is 14.8 Å². The molecular formula is C16H15FN4. The molecule has 0 unspecified atom stereocenters. The maximum absolute atomic E-state index is 13.3. The Morgan fingerprint density at radius 2 is 1.90 bits per heavy atom.